The van der Waals surface area contributed by atoms with Gasteiger partial charge in [0.1, 0.15) is 11.5 Å². The van der Waals surface area contributed by atoms with E-state index >= 15 is 0 Å². The van der Waals surface area contributed by atoms with Crippen LogP contribution in [0.25, 0.3) is 6.08 Å². The lowest BCUT2D eigenvalue weighted by Crippen LogP contribution is -2.21. The minimum absolute atomic E-state index is 0.126. The Balaban J connectivity index is 1.54. The highest BCUT2D eigenvalue weighted by Gasteiger charge is 2.38. The number of methoxy groups -OCH3 is 1. The number of Topliss-reactive ketones (excluding diaryl/α,β-unsaturated/α-hetero) is 1. The zero-order valence-corrected chi connectivity index (χ0v) is 17.0. The summed E-state index contributed by atoms with van der Waals surface area (Å²) >= 11 is 0. The molecular formula is C25H17NO6. The van der Waals surface area contributed by atoms with Gasteiger partial charge in [0.05, 0.1) is 24.7 Å². The Bertz CT molecular complexity index is 1280. The monoisotopic (exact) mass is 427 g/mol. The van der Waals surface area contributed by atoms with E-state index in [4.69, 9.17) is 14.2 Å². The lowest BCUT2D eigenvalue weighted by atomic mass is 9.85. The zero-order chi connectivity index (χ0) is 22.2. The van der Waals surface area contributed by atoms with Crippen molar-refractivity contribution in [3.8, 4) is 11.5 Å². The maximum Gasteiger partial charge on any atom is 0.337 e. The van der Waals surface area contributed by atoms with E-state index in [2.05, 4.69) is 4.98 Å². The van der Waals surface area contributed by atoms with Crippen molar-refractivity contribution in [3.05, 3.63) is 94.5 Å². The summed E-state index contributed by atoms with van der Waals surface area (Å²) in [6, 6.07) is 13.6. The van der Waals surface area contributed by atoms with Crippen molar-refractivity contribution < 1.29 is 28.6 Å². The van der Waals surface area contributed by atoms with Crippen molar-refractivity contribution in [2.45, 2.75) is 12.3 Å². The molecule has 0 fully saturated rings. The van der Waals surface area contributed by atoms with Gasteiger partial charge in [0.15, 0.2) is 5.76 Å². The fourth-order valence-corrected chi connectivity index (χ4v) is 3.96. The third-order valence-electron chi connectivity index (χ3n) is 5.50. The molecule has 32 heavy (non-hydrogen) atoms. The van der Waals surface area contributed by atoms with Crippen molar-refractivity contribution in [1.82, 2.24) is 4.98 Å². The first-order valence-corrected chi connectivity index (χ1v) is 9.95. The van der Waals surface area contributed by atoms with Gasteiger partial charge in [0, 0.05) is 23.9 Å². The molecule has 2 aliphatic heterocycles. The number of esters is 2. The van der Waals surface area contributed by atoms with Gasteiger partial charge in [0.25, 0.3) is 0 Å². The molecule has 0 saturated carbocycles. The minimum Gasteiger partial charge on any atom is -0.465 e. The molecule has 0 bridgehead atoms. The Kier molecular flexibility index (Phi) is 4.78. The number of pyridine rings is 1. The van der Waals surface area contributed by atoms with Crippen LogP contribution in [0.1, 0.15) is 49.7 Å². The zero-order valence-electron chi connectivity index (χ0n) is 17.0. The lowest BCUT2D eigenvalue weighted by molar-refractivity contribution is -0.135. The van der Waals surface area contributed by atoms with E-state index in [9.17, 15) is 14.4 Å². The van der Waals surface area contributed by atoms with Gasteiger partial charge in [-0.25, -0.2) is 4.79 Å². The molecule has 158 valence electrons. The Hall–Kier alpha value is -4.26. The number of fused-ring (bicyclic) bond motifs is 3. The van der Waals surface area contributed by atoms with Crippen molar-refractivity contribution in [2.75, 3.05) is 7.11 Å². The molecule has 0 N–H and O–H groups in total. The number of rotatable bonds is 3. The van der Waals surface area contributed by atoms with Crippen LogP contribution in [0.2, 0.25) is 0 Å². The third kappa shape index (κ3) is 3.33. The molecule has 0 radical (unpaired) electrons. The first-order chi connectivity index (χ1) is 15.5. The normalized spacial score (nSPS) is 17.9. The van der Waals surface area contributed by atoms with E-state index < -0.39 is 5.97 Å². The maximum atomic E-state index is 13.0. The summed E-state index contributed by atoms with van der Waals surface area (Å²) in [5.74, 6) is -0.453. The summed E-state index contributed by atoms with van der Waals surface area (Å²) in [7, 11) is 1.32. The molecule has 0 unspecified atom stereocenters. The summed E-state index contributed by atoms with van der Waals surface area (Å²) in [6.07, 6.45) is 5.10. The fraction of sp³-hybridized carbons (Fsp3) is 0.120. The Morgan fingerprint density at radius 2 is 1.91 bits per heavy atom. The number of hydrogen-bond acceptors (Lipinski definition) is 7. The van der Waals surface area contributed by atoms with E-state index in [-0.39, 0.29) is 29.9 Å². The minimum atomic E-state index is -0.438. The van der Waals surface area contributed by atoms with Crippen LogP contribution >= 0.6 is 0 Å². The Morgan fingerprint density at radius 3 is 2.62 bits per heavy atom. The van der Waals surface area contributed by atoms with Crippen molar-refractivity contribution in [3.63, 3.8) is 0 Å². The molecule has 0 spiro atoms. The largest absolute Gasteiger partial charge is 0.465 e. The fourth-order valence-electron chi connectivity index (χ4n) is 3.96. The van der Waals surface area contributed by atoms with E-state index in [0.29, 0.717) is 33.8 Å². The molecule has 2 aromatic carbocycles. The highest BCUT2D eigenvalue weighted by atomic mass is 16.5. The molecule has 0 saturated heterocycles. The van der Waals surface area contributed by atoms with Gasteiger partial charge in [-0.2, -0.15) is 0 Å². The van der Waals surface area contributed by atoms with Gasteiger partial charge in [-0.3, -0.25) is 14.6 Å². The van der Waals surface area contributed by atoms with Gasteiger partial charge in [-0.15, -0.1) is 0 Å². The highest BCUT2D eigenvalue weighted by Crippen LogP contribution is 2.48. The molecule has 3 heterocycles. The maximum absolute atomic E-state index is 13.0. The number of carbonyl (C=O) groups is 3. The van der Waals surface area contributed by atoms with E-state index in [0.717, 1.165) is 5.56 Å². The summed E-state index contributed by atoms with van der Waals surface area (Å²) in [5.41, 5.74) is 3.01. The number of ketones is 1. The lowest BCUT2D eigenvalue weighted by Gasteiger charge is -2.26. The molecule has 1 atom stereocenters. The topological polar surface area (TPSA) is 91.8 Å². The summed E-state index contributed by atoms with van der Waals surface area (Å²) in [6.45, 7) is 0. The molecule has 1 aromatic heterocycles. The molecule has 7 heteroatoms. The smallest absolute Gasteiger partial charge is 0.337 e. The van der Waals surface area contributed by atoms with Crippen LogP contribution < -0.4 is 9.47 Å². The average Bonchev–Trinajstić information content (AvgIpc) is 3.14. The third-order valence-corrected chi connectivity index (χ3v) is 5.50. The standard InChI is InChI=1S/C25H17NO6/c1-30-25(29)15-6-4-14(5-7-15)11-20-23(28)17-8-9-19-22(24(17)32-20)18(12-21(27)31-19)16-3-2-10-26-13-16/h2-11,13,18H,12H2,1H3/b20-11-/t18-/m1/s1. The number of hydrogen-bond donors (Lipinski definition) is 0. The van der Waals surface area contributed by atoms with Crippen LogP contribution in [0.5, 0.6) is 11.5 Å². The van der Waals surface area contributed by atoms with Crippen LogP contribution in [0.15, 0.2) is 66.7 Å². The van der Waals surface area contributed by atoms with Gasteiger partial charge in [-0.05, 0) is 47.5 Å². The Labute approximate surface area is 183 Å². The van der Waals surface area contributed by atoms with Crippen molar-refractivity contribution in [2.24, 2.45) is 0 Å². The number of aromatic nitrogens is 1. The second-order valence-corrected chi connectivity index (χ2v) is 7.42. The Morgan fingerprint density at radius 1 is 1.09 bits per heavy atom. The SMILES string of the molecule is COC(=O)c1ccc(/C=C2\Oc3c(ccc4c3[C@@H](c3cccnc3)CC(=O)O4)C2=O)cc1. The number of benzene rings is 2. The van der Waals surface area contributed by atoms with Gasteiger partial charge < -0.3 is 14.2 Å². The van der Waals surface area contributed by atoms with Crippen LogP contribution in [0.3, 0.4) is 0 Å². The molecule has 5 rings (SSSR count). The van der Waals surface area contributed by atoms with Gasteiger partial charge in [0.2, 0.25) is 5.78 Å². The first-order valence-electron chi connectivity index (χ1n) is 9.95. The second kappa shape index (κ2) is 7.77. The average molecular weight is 427 g/mol. The molecule has 0 aliphatic carbocycles. The van der Waals surface area contributed by atoms with Gasteiger partial charge >= 0.3 is 11.9 Å². The van der Waals surface area contributed by atoms with Crippen LogP contribution in [-0.4, -0.2) is 29.8 Å². The molecule has 2 aliphatic rings. The molecule has 0 amide bonds. The van der Waals surface area contributed by atoms with Crippen LogP contribution in [0, 0.1) is 0 Å². The number of allylic oxidation sites excluding steroid dienone is 1. The van der Waals surface area contributed by atoms with E-state index in [1.54, 1.807) is 60.9 Å². The molecule has 3 aromatic rings. The first kappa shape index (κ1) is 19.7. The van der Waals surface area contributed by atoms with Crippen molar-refractivity contribution >= 4 is 23.8 Å². The summed E-state index contributed by atoms with van der Waals surface area (Å²) in [5, 5.41) is 0. The summed E-state index contributed by atoms with van der Waals surface area (Å²) < 4.78 is 16.1. The molecular weight excluding hydrogens is 410 g/mol. The number of nitrogens with zero attached hydrogens (tertiary/aromatic N) is 1. The van der Waals surface area contributed by atoms with E-state index in [1.165, 1.54) is 7.11 Å². The number of ether oxygens (including phenoxy) is 3. The predicted octanol–water partition coefficient (Wildman–Crippen LogP) is 3.93. The predicted molar refractivity (Wildman–Crippen MR) is 113 cm³/mol. The van der Waals surface area contributed by atoms with Crippen LogP contribution in [0.4, 0.5) is 0 Å². The highest BCUT2D eigenvalue weighted by molar-refractivity contribution is 6.15. The van der Waals surface area contributed by atoms with E-state index in [1.807, 2.05) is 6.07 Å². The molecule has 7 nitrogen and oxygen atoms in total. The quantitative estimate of drug-likeness (QED) is 0.355. The van der Waals surface area contributed by atoms with Crippen LogP contribution in [-0.2, 0) is 9.53 Å². The number of carbonyl (C=O) groups excluding carboxylic acids is 3. The van der Waals surface area contributed by atoms with Gasteiger partial charge in [-0.1, -0.05) is 18.2 Å². The second-order valence-electron chi connectivity index (χ2n) is 7.42. The summed E-state index contributed by atoms with van der Waals surface area (Å²) in [4.78, 5) is 41.0. The van der Waals surface area contributed by atoms with Crippen molar-refractivity contribution in [1.29, 1.82) is 0 Å².